The van der Waals surface area contributed by atoms with Crippen molar-refractivity contribution in [2.45, 2.75) is 40.0 Å². The van der Waals surface area contributed by atoms with E-state index in [0.717, 1.165) is 11.4 Å². The molecule has 2 heterocycles. The maximum absolute atomic E-state index is 12.8. The lowest BCUT2D eigenvalue weighted by molar-refractivity contribution is -0.128. The molecule has 1 fully saturated rings. The fourth-order valence-electron chi connectivity index (χ4n) is 2.99. The van der Waals surface area contributed by atoms with Gasteiger partial charge in [0.25, 0.3) is 5.91 Å². The first-order chi connectivity index (χ1) is 10.3. The van der Waals surface area contributed by atoms with Gasteiger partial charge in [0.15, 0.2) is 0 Å². The van der Waals surface area contributed by atoms with E-state index in [1.807, 2.05) is 39.8 Å². The Balaban J connectivity index is 2.25. The van der Waals surface area contributed by atoms with Crippen molar-refractivity contribution in [2.24, 2.45) is 5.41 Å². The number of nitrogens with zero attached hydrogens (tertiary/aromatic N) is 2. The molecule has 0 aromatic carbocycles. The first kappa shape index (κ1) is 16.5. The van der Waals surface area contributed by atoms with Crippen LogP contribution in [0.3, 0.4) is 0 Å². The molecule has 1 aliphatic rings. The smallest absolute Gasteiger partial charge is 0.255 e. The van der Waals surface area contributed by atoms with E-state index in [9.17, 15) is 9.59 Å². The van der Waals surface area contributed by atoms with Crippen molar-refractivity contribution in [3.8, 4) is 0 Å². The van der Waals surface area contributed by atoms with Crippen LogP contribution in [0.5, 0.6) is 0 Å². The molecule has 120 valence electrons. The quantitative estimate of drug-likeness (QED) is 0.930. The number of pyridine rings is 1. The molecule has 1 unspecified atom stereocenters. The van der Waals surface area contributed by atoms with Gasteiger partial charge in [-0.25, -0.2) is 0 Å². The summed E-state index contributed by atoms with van der Waals surface area (Å²) in [5.74, 6) is 0.157. The number of hydrogen-bond acceptors (Lipinski definition) is 3. The zero-order valence-electron chi connectivity index (χ0n) is 14.1. The lowest BCUT2D eigenvalue weighted by Gasteiger charge is -2.23. The fourth-order valence-corrected chi connectivity index (χ4v) is 2.99. The minimum atomic E-state index is -0.499. The van der Waals surface area contributed by atoms with Gasteiger partial charge in [0.2, 0.25) is 5.91 Å². The molecule has 1 aromatic rings. The largest absolute Gasteiger partial charge is 0.359 e. The lowest BCUT2D eigenvalue weighted by Crippen LogP contribution is -2.40. The monoisotopic (exact) mass is 303 g/mol. The first-order valence-electron chi connectivity index (χ1n) is 7.77. The van der Waals surface area contributed by atoms with Crippen LogP contribution in [0.25, 0.3) is 0 Å². The van der Waals surface area contributed by atoms with Crippen LogP contribution in [0.2, 0.25) is 0 Å². The van der Waals surface area contributed by atoms with Crippen molar-refractivity contribution < 1.29 is 9.59 Å². The maximum Gasteiger partial charge on any atom is 0.255 e. The predicted molar refractivity (Wildman–Crippen MR) is 85.8 cm³/mol. The summed E-state index contributed by atoms with van der Waals surface area (Å²) in [5, 5.41) is 2.69. The summed E-state index contributed by atoms with van der Waals surface area (Å²) in [6.45, 7) is 8.98. The summed E-state index contributed by atoms with van der Waals surface area (Å²) in [5.41, 5.74) is 1.90. The summed E-state index contributed by atoms with van der Waals surface area (Å²) < 4.78 is 0. The highest BCUT2D eigenvalue weighted by Crippen LogP contribution is 2.31. The lowest BCUT2D eigenvalue weighted by atomic mass is 9.89. The number of nitrogens with one attached hydrogen (secondary N) is 1. The van der Waals surface area contributed by atoms with Gasteiger partial charge in [0, 0.05) is 25.8 Å². The molecule has 1 aliphatic heterocycles. The SMILES string of the molecule is CNC(=O)C1(C)CCN(C(=O)c2ccc(C)nc2C(C)C)C1. The summed E-state index contributed by atoms with van der Waals surface area (Å²) >= 11 is 0. The third-order valence-corrected chi connectivity index (χ3v) is 4.38. The summed E-state index contributed by atoms with van der Waals surface area (Å²) in [6.07, 6.45) is 0.689. The number of amides is 2. The third kappa shape index (κ3) is 2.98. The highest BCUT2D eigenvalue weighted by atomic mass is 16.2. The van der Waals surface area contributed by atoms with Crippen molar-refractivity contribution in [1.29, 1.82) is 0 Å². The van der Waals surface area contributed by atoms with Crippen LogP contribution in [0, 0.1) is 12.3 Å². The van der Waals surface area contributed by atoms with Crippen LogP contribution in [-0.2, 0) is 4.79 Å². The highest BCUT2D eigenvalue weighted by molar-refractivity contribution is 5.96. The van der Waals surface area contributed by atoms with Gasteiger partial charge >= 0.3 is 0 Å². The number of aromatic nitrogens is 1. The number of aryl methyl sites for hydroxylation is 1. The molecule has 22 heavy (non-hydrogen) atoms. The molecule has 1 N–H and O–H groups in total. The normalized spacial score (nSPS) is 21.3. The van der Waals surface area contributed by atoms with E-state index >= 15 is 0 Å². The summed E-state index contributed by atoms with van der Waals surface area (Å²) in [7, 11) is 1.64. The van der Waals surface area contributed by atoms with E-state index in [0.29, 0.717) is 25.1 Å². The second-order valence-electron chi connectivity index (χ2n) is 6.66. The molecule has 0 spiro atoms. The number of carbonyl (C=O) groups is 2. The van der Waals surface area contributed by atoms with Gasteiger partial charge in [-0.3, -0.25) is 14.6 Å². The van der Waals surface area contributed by atoms with Crippen molar-refractivity contribution in [2.75, 3.05) is 20.1 Å². The molecule has 0 radical (unpaired) electrons. The van der Waals surface area contributed by atoms with Crippen molar-refractivity contribution in [3.63, 3.8) is 0 Å². The molecular weight excluding hydrogens is 278 g/mol. The van der Waals surface area contributed by atoms with Crippen molar-refractivity contribution in [1.82, 2.24) is 15.2 Å². The van der Waals surface area contributed by atoms with E-state index in [1.54, 1.807) is 11.9 Å². The second kappa shape index (κ2) is 6.07. The number of carbonyl (C=O) groups excluding carboxylic acids is 2. The van der Waals surface area contributed by atoms with Crippen LogP contribution in [0.4, 0.5) is 0 Å². The predicted octanol–water partition coefficient (Wildman–Crippen LogP) is 2.11. The number of likely N-dealkylation sites (tertiary alicyclic amines) is 1. The average Bonchev–Trinajstić information content (AvgIpc) is 2.89. The molecule has 0 aliphatic carbocycles. The van der Waals surface area contributed by atoms with E-state index < -0.39 is 5.41 Å². The maximum atomic E-state index is 12.8. The molecule has 1 aromatic heterocycles. The molecule has 1 saturated heterocycles. The Labute approximate surface area is 132 Å². The Morgan fingerprint density at radius 3 is 2.64 bits per heavy atom. The van der Waals surface area contributed by atoms with Gasteiger partial charge in [-0.2, -0.15) is 0 Å². The van der Waals surface area contributed by atoms with Gasteiger partial charge < -0.3 is 10.2 Å². The van der Waals surface area contributed by atoms with Crippen molar-refractivity contribution >= 4 is 11.8 Å². The Bertz CT molecular complexity index is 598. The molecule has 5 heteroatoms. The summed E-state index contributed by atoms with van der Waals surface area (Å²) in [6, 6.07) is 3.72. The number of hydrogen-bond donors (Lipinski definition) is 1. The molecule has 5 nitrogen and oxygen atoms in total. The minimum Gasteiger partial charge on any atom is -0.359 e. The Hall–Kier alpha value is -1.91. The zero-order valence-corrected chi connectivity index (χ0v) is 14.1. The van der Waals surface area contributed by atoms with Crippen LogP contribution in [0.15, 0.2) is 12.1 Å². The van der Waals surface area contributed by atoms with Crippen LogP contribution < -0.4 is 5.32 Å². The number of rotatable bonds is 3. The summed E-state index contributed by atoms with van der Waals surface area (Å²) in [4.78, 5) is 31.1. The van der Waals surface area contributed by atoms with E-state index in [1.165, 1.54) is 0 Å². The van der Waals surface area contributed by atoms with Crippen LogP contribution >= 0.6 is 0 Å². The first-order valence-corrected chi connectivity index (χ1v) is 7.77. The molecule has 0 bridgehead atoms. The third-order valence-electron chi connectivity index (χ3n) is 4.38. The Morgan fingerprint density at radius 2 is 2.05 bits per heavy atom. The van der Waals surface area contributed by atoms with Gasteiger partial charge in [-0.05, 0) is 38.3 Å². The Morgan fingerprint density at radius 1 is 1.36 bits per heavy atom. The van der Waals surface area contributed by atoms with E-state index in [-0.39, 0.29) is 17.7 Å². The minimum absolute atomic E-state index is 0.00564. The molecule has 2 amide bonds. The molecular formula is C17H25N3O2. The fraction of sp³-hybridized carbons (Fsp3) is 0.588. The Kier molecular flexibility index (Phi) is 4.54. The van der Waals surface area contributed by atoms with Crippen molar-refractivity contribution in [3.05, 3.63) is 29.1 Å². The second-order valence-corrected chi connectivity index (χ2v) is 6.66. The van der Waals surface area contributed by atoms with E-state index in [2.05, 4.69) is 10.3 Å². The molecule has 0 saturated carbocycles. The molecule has 1 atom stereocenters. The standard InChI is InChI=1S/C17H25N3O2/c1-11(2)14-13(7-6-12(3)19-14)15(21)20-9-8-17(4,10-20)16(22)18-5/h6-7,11H,8-10H2,1-5H3,(H,18,22). The van der Waals surface area contributed by atoms with Crippen LogP contribution in [0.1, 0.15) is 54.9 Å². The highest BCUT2D eigenvalue weighted by Gasteiger charge is 2.42. The van der Waals surface area contributed by atoms with Crippen LogP contribution in [-0.4, -0.2) is 41.8 Å². The topological polar surface area (TPSA) is 62.3 Å². The van der Waals surface area contributed by atoms with Gasteiger partial charge in [-0.15, -0.1) is 0 Å². The van der Waals surface area contributed by atoms with Gasteiger partial charge in [0.05, 0.1) is 16.7 Å². The van der Waals surface area contributed by atoms with E-state index in [4.69, 9.17) is 0 Å². The van der Waals surface area contributed by atoms with Gasteiger partial charge in [-0.1, -0.05) is 13.8 Å². The zero-order chi connectivity index (χ0) is 16.5. The molecule has 2 rings (SSSR count). The van der Waals surface area contributed by atoms with Gasteiger partial charge in [0.1, 0.15) is 0 Å². The average molecular weight is 303 g/mol.